The Morgan fingerprint density at radius 3 is 3.12 bits per heavy atom. The number of halogens is 1. The Kier molecular flexibility index (Phi) is 6.13. The molecule has 0 aliphatic rings. The zero-order valence-corrected chi connectivity index (χ0v) is 11.0. The average Bonchev–Trinajstić information content (AvgIpc) is 2.94. The monoisotopic (exact) mass is 275 g/mol. The normalized spacial score (nSPS) is 10.2. The quantitative estimate of drug-likeness (QED) is 0.817. The van der Waals surface area contributed by atoms with Gasteiger partial charge in [-0.05, 0) is 11.4 Å². The molecule has 0 fully saturated rings. The molecular formula is C10H14ClN3O2S. The van der Waals surface area contributed by atoms with E-state index in [1.807, 2.05) is 16.8 Å². The Hall–Kier alpha value is -0.950. The summed E-state index contributed by atoms with van der Waals surface area (Å²) in [6.07, 6.45) is 0. The van der Waals surface area contributed by atoms with Crippen LogP contribution < -0.4 is 5.32 Å². The van der Waals surface area contributed by atoms with Crippen LogP contribution in [-0.4, -0.2) is 30.4 Å². The number of aromatic nitrogens is 2. The first-order valence-corrected chi connectivity index (χ1v) is 5.89. The molecule has 0 unspecified atom stereocenters. The van der Waals surface area contributed by atoms with E-state index in [4.69, 9.17) is 9.26 Å². The summed E-state index contributed by atoms with van der Waals surface area (Å²) < 4.78 is 10.0. The molecule has 17 heavy (non-hydrogen) atoms. The molecule has 0 aliphatic heterocycles. The predicted molar refractivity (Wildman–Crippen MR) is 68.4 cm³/mol. The molecule has 0 saturated carbocycles. The molecule has 0 amide bonds. The highest BCUT2D eigenvalue weighted by molar-refractivity contribution is 7.08. The van der Waals surface area contributed by atoms with E-state index in [0.717, 1.165) is 12.1 Å². The summed E-state index contributed by atoms with van der Waals surface area (Å²) in [6.45, 7) is 2.01. The van der Waals surface area contributed by atoms with Gasteiger partial charge in [-0.25, -0.2) is 0 Å². The third-order valence-corrected chi connectivity index (χ3v) is 2.69. The van der Waals surface area contributed by atoms with Gasteiger partial charge in [0, 0.05) is 24.6 Å². The first kappa shape index (κ1) is 14.1. The lowest BCUT2D eigenvalue weighted by molar-refractivity contribution is 0.197. The molecule has 2 heterocycles. The Morgan fingerprint density at radius 2 is 2.41 bits per heavy atom. The molecule has 0 atom stereocenters. The van der Waals surface area contributed by atoms with Crippen LogP contribution in [0.3, 0.4) is 0 Å². The molecule has 7 heteroatoms. The number of hydrogen-bond acceptors (Lipinski definition) is 6. The molecular weight excluding hydrogens is 262 g/mol. The third kappa shape index (κ3) is 4.08. The van der Waals surface area contributed by atoms with E-state index in [2.05, 4.69) is 15.5 Å². The predicted octanol–water partition coefficient (Wildman–Crippen LogP) is 1.96. The van der Waals surface area contributed by atoms with Crippen molar-refractivity contribution in [1.29, 1.82) is 0 Å². The minimum Gasteiger partial charge on any atom is -0.383 e. The van der Waals surface area contributed by atoms with Crippen LogP contribution in [0.2, 0.25) is 0 Å². The first-order chi connectivity index (χ1) is 7.90. The van der Waals surface area contributed by atoms with E-state index in [-0.39, 0.29) is 12.4 Å². The van der Waals surface area contributed by atoms with Gasteiger partial charge in [-0.2, -0.15) is 16.3 Å². The van der Waals surface area contributed by atoms with Gasteiger partial charge in [-0.15, -0.1) is 12.4 Å². The summed E-state index contributed by atoms with van der Waals surface area (Å²) in [7, 11) is 1.67. The molecule has 5 nitrogen and oxygen atoms in total. The maximum Gasteiger partial charge on any atom is 0.240 e. The first-order valence-electron chi connectivity index (χ1n) is 4.95. The second-order valence-electron chi connectivity index (χ2n) is 3.19. The largest absolute Gasteiger partial charge is 0.383 e. The molecule has 0 bridgehead atoms. The van der Waals surface area contributed by atoms with E-state index < -0.39 is 0 Å². The Labute approximate surface area is 110 Å². The molecule has 2 aromatic rings. The molecule has 0 aliphatic carbocycles. The van der Waals surface area contributed by atoms with Gasteiger partial charge in [-0.3, -0.25) is 0 Å². The second-order valence-corrected chi connectivity index (χ2v) is 3.97. The Bertz CT molecular complexity index is 419. The van der Waals surface area contributed by atoms with E-state index in [1.165, 1.54) is 0 Å². The fraction of sp³-hybridized carbons (Fsp3) is 0.400. The van der Waals surface area contributed by atoms with Crippen molar-refractivity contribution in [1.82, 2.24) is 15.5 Å². The summed E-state index contributed by atoms with van der Waals surface area (Å²) in [5.74, 6) is 1.24. The smallest absolute Gasteiger partial charge is 0.240 e. The van der Waals surface area contributed by atoms with E-state index >= 15 is 0 Å². The number of hydrogen-bond donors (Lipinski definition) is 1. The highest BCUT2D eigenvalue weighted by atomic mass is 35.5. The Balaban J connectivity index is 0.00000144. The minimum absolute atomic E-state index is 0. The fourth-order valence-corrected chi connectivity index (χ4v) is 1.84. The summed E-state index contributed by atoms with van der Waals surface area (Å²) in [5, 5.41) is 11.0. The molecule has 0 saturated heterocycles. The zero-order chi connectivity index (χ0) is 11.2. The number of ether oxygens (including phenoxy) is 1. The zero-order valence-electron chi connectivity index (χ0n) is 9.38. The van der Waals surface area contributed by atoms with Crippen LogP contribution in [0.4, 0.5) is 0 Å². The van der Waals surface area contributed by atoms with Gasteiger partial charge in [0.05, 0.1) is 13.2 Å². The molecule has 1 N–H and O–H groups in total. The molecule has 0 spiro atoms. The lowest BCUT2D eigenvalue weighted by atomic mass is 10.3. The summed E-state index contributed by atoms with van der Waals surface area (Å²) >= 11 is 1.61. The maximum atomic E-state index is 5.11. The molecule has 2 aromatic heterocycles. The van der Waals surface area contributed by atoms with Crippen molar-refractivity contribution >= 4 is 23.7 Å². The average molecular weight is 276 g/mol. The van der Waals surface area contributed by atoms with Crippen LogP contribution in [0.25, 0.3) is 11.4 Å². The van der Waals surface area contributed by atoms with Gasteiger partial charge >= 0.3 is 0 Å². The van der Waals surface area contributed by atoms with Crippen molar-refractivity contribution in [2.75, 3.05) is 20.3 Å². The highest BCUT2D eigenvalue weighted by Gasteiger charge is 2.07. The molecule has 0 aromatic carbocycles. The molecule has 0 radical (unpaired) electrons. The van der Waals surface area contributed by atoms with Crippen LogP contribution in [0.15, 0.2) is 21.3 Å². The van der Waals surface area contributed by atoms with Crippen molar-refractivity contribution in [2.45, 2.75) is 6.54 Å². The van der Waals surface area contributed by atoms with Crippen LogP contribution in [0, 0.1) is 0 Å². The maximum absolute atomic E-state index is 5.11. The van der Waals surface area contributed by atoms with Crippen LogP contribution in [-0.2, 0) is 11.3 Å². The van der Waals surface area contributed by atoms with Crippen LogP contribution >= 0.6 is 23.7 Å². The lowest BCUT2D eigenvalue weighted by Gasteiger charge is -1.98. The van der Waals surface area contributed by atoms with Crippen molar-refractivity contribution in [3.8, 4) is 11.4 Å². The highest BCUT2D eigenvalue weighted by Crippen LogP contribution is 2.18. The molecule has 94 valence electrons. The topological polar surface area (TPSA) is 60.2 Å². The summed E-state index contributed by atoms with van der Waals surface area (Å²) in [6, 6.07) is 1.97. The fourth-order valence-electron chi connectivity index (χ4n) is 1.21. The Morgan fingerprint density at radius 1 is 1.53 bits per heavy atom. The number of nitrogens with one attached hydrogen (secondary N) is 1. The molecule has 2 rings (SSSR count). The van der Waals surface area contributed by atoms with Crippen molar-refractivity contribution < 1.29 is 9.26 Å². The van der Waals surface area contributed by atoms with Crippen LogP contribution in [0.5, 0.6) is 0 Å². The van der Waals surface area contributed by atoms with Crippen molar-refractivity contribution in [3.05, 3.63) is 22.7 Å². The van der Waals surface area contributed by atoms with E-state index in [9.17, 15) is 0 Å². The van der Waals surface area contributed by atoms with Crippen molar-refractivity contribution in [2.24, 2.45) is 0 Å². The second kappa shape index (κ2) is 7.39. The summed E-state index contributed by atoms with van der Waals surface area (Å²) in [4.78, 5) is 4.28. The number of nitrogens with zero attached hydrogens (tertiary/aromatic N) is 2. The van der Waals surface area contributed by atoms with Crippen LogP contribution in [0.1, 0.15) is 5.89 Å². The standard InChI is InChI=1S/C10H13N3O2S.ClH/c1-14-4-3-11-6-9-12-10(13-15-9)8-2-5-16-7-8;/h2,5,7,11H,3-4,6H2,1H3;1H. The SMILES string of the molecule is COCCNCc1nc(-c2ccsc2)no1.Cl. The van der Waals surface area contributed by atoms with Gasteiger partial charge in [-0.1, -0.05) is 5.16 Å². The van der Waals surface area contributed by atoms with Gasteiger partial charge in [0.2, 0.25) is 11.7 Å². The number of rotatable bonds is 6. The van der Waals surface area contributed by atoms with E-state index in [0.29, 0.717) is 24.9 Å². The van der Waals surface area contributed by atoms with Gasteiger partial charge in [0.15, 0.2) is 0 Å². The lowest BCUT2D eigenvalue weighted by Crippen LogP contribution is -2.18. The van der Waals surface area contributed by atoms with Gasteiger partial charge in [0.25, 0.3) is 0 Å². The van der Waals surface area contributed by atoms with Gasteiger partial charge in [0.1, 0.15) is 0 Å². The van der Waals surface area contributed by atoms with Gasteiger partial charge < -0.3 is 14.6 Å². The number of methoxy groups -OCH3 is 1. The van der Waals surface area contributed by atoms with Crippen molar-refractivity contribution in [3.63, 3.8) is 0 Å². The third-order valence-electron chi connectivity index (χ3n) is 2.01. The minimum atomic E-state index is 0. The number of thiophene rings is 1. The van der Waals surface area contributed by atoms with E-state index in [1.54, 1.807) is 18.4 Å². The summed E-state index contributed by atoms with van der Waals surface area (Å²) in [5.41, 5.74) is 0.997.